The van der Waals surface area contributed by atoms with Gasteiger partial charge < -0.3 is 16.0 Å². The lowest BCUT2D eigenvalue weighted by atomic mass is 9.86. The SMILES string of the molecule is Cc1ccccc1C(=O)Nc1cccc2c(S(=O)(=O)N[C@H]3CCN(C(=O)[C@H](C)N)C[C@@H]3CC(C)C)cccc12. The van der Waals surface area contributed by atoms with Gasteiger partial charge in [-0.05, 0) is 62.3 Å². The quantitative estimate of drug-likeness (QED) is 0.386. The number of aryl methyl sites for hydroxylation is 1. The first-order valence-electron chi connectivity index (χ1n) is 13.4. The highest BCUT2D eigenvalue weighted by Crippen LogP contribution is 2.31. The van der Waals surface area contributed by atoms with Crippen molar-refractivity contribution in [3.63, 3.8) is 0 Å². The Morgan fingerprint density at radius 1 is 1.00 bits per heavy atom. The number of hydrogen-bond donors (Lipinski definition) is 3. The molecule has 1 aliphatic rings. The number of carbonyl (C=O) groups excluding carboxylic acids is 2. The van der Waals surface area contributed by atoms with E-state index in [1.54, 1.807) is 48.2 Å². The number of amides is 2. The molecule has 1 aliphatic heterocycles. The van der Waals surface area contributed by atoms with Gasteiger partial charge in [0.15, 0.2) is 0 Å². The number of anilines is 1. The zero-order chi connectivity index (χ0) is 28.3. The fourth-order valence-electron chi connectivity index (χ4n) is 5.42. The Labute approximate surface area is 231 Å². The van der Waals surface area contributed by atoms with Crippen molar-refractivity contribution >= 4 is 38.3 Å². The summed E-state index contributed by atoms with van der Waals surface area (Å²) in [5.74, 6) is -0.0597. The van der Waals surface area contributed by atoms with E-state index in [0.29, 0.717) is 47.5 Å². The van der Waals surface area contributed by atoms with Crippen LogP contribution >= 0.6 is 0 Å². The molecule has 3 atom stereocenters. The van der Waals surface area contributed by atoms with E-state index in [0.717, 1.165) is 12.0 Å². The molecule has 0 spiro atoms. The number of nitrogens with two attached hydrogens (primary N) is 1. The predicted octanol–water partition coefficient (Wildman–Crippen LogP) is 4.29. The number of sulfonamides is 1. The lowest BCUT2D eigenvalue weighted by Gasteiger charge is -2.40. The number of nitrogens with one attached hydrogen (secondary N) is 2. The van der Waals surface area contributed by atoms with E-state index in [1.165, 1.54) is 0 Å². The van der Waals surface area contributed by atoms with Crippen molar-refractivity contribution in [1.29, 1.82) is 0 Å². The summed E-state index contributed by atoms with van der Waals surface area (Å²) in [7, 11) is -3.90. The van der Waals surface area contributed by atoms with Crippen molar-refractivity contribution in [2.24, 2.45) is 17.6 Å². The summed E-state index contributed by atoms with van der Waals surface area (Å²) >= 11 is 0. The van der Waals surface area contributed by atoms with Gasteiger partial charge in [0.25, 0.3) is 5.91 Å². The lowest BCUT2D eigenvalue weighted by molar-refractivity contribution is -0.134. The number of benzene rings is 3. The van der Waals surface area contributed by atoms with Crippen molar-refractivity contribution in [1.82, 2.24) is 9.62 Å². The second kappa shape index (κ2) is 11.9. The number of fused-ring (bicyclic) bond motifs is 1. The minimum Gasteiger partial charge on any atom is -0.341 e. The first-order chi connectivity index (χ1) is 18.5. The molecule has 3 aromatic carbocycles. The minimum atomic E-state index is -3.90. The molecular weight excluding hydrogens is 512 g/mol. The van der Waals surface area contributed by atoms with Gasteiger partial charge in [0.05, 0.1) is 10.9 Å². The Morgan fingerprint density at radius 2 is 1.69 bits per heavy atom. The lowest BCUT2D eigenvalue weighted by Crippen LogP contribution is -2.55. The van der Waals surface area contributed by atoms with Gasteiger partial charge in [-0.2, -0.15) is 0 Å². The zero-order valence-corrected chi connectivity index (χ0v) is 23.8. The molecule has 0 unspecified atom stereocenters. The van der Waals surface area contributed by atoms with Gasteiger partial charge in [-0.3, -0.25) is 9.59 Å². The van der Waals surface area contributed by atoms with Gasteiger partial charge >= 0.3 is 0 Å². The summed E-state index contributed by atoms with van der Waals surface area (Å²) in [5.41, 5.74) is 7.79. The molecule has 1 saturated heterocycles. The molecule has 39 heavy (non-hydrogen) atoms. The van der Waals surface area contributed by atoms with Crippen molar-refractivity contribution in [3.8, 4) is 0 Å². The summed E-state index contributed by atoms with van der Waals surface area (Å²) < 4.78 is 30.5. The van der Waals surface area contributed by atoms with Gasteiger partial charge in [-0.1, -0.05) is 56.3 Å². The van der Waals surface area contributed by atoms with Crippen LogP contribution < -0.4 is 15.8 Å². The smallest absolute Gasteiger partial charge is 0.255 e. The summed E-state index contributed by atoms with van der Waals surface area (Å²) in [6, 6.07) is 16.8. The van der Waals surface area contributed by atoms with Crippen LogP contribution in [0.15, 0.2) is 65.6 Å². The molecule has 1 fully saturated rings. The van der Waals surface area contributed by atoms with Crippen LogP contribution in [-0.4, -0.2) is 50.3 Å². The van der Waals surface area contributed by atoms with Crippen LogP contribution in [0.4, 0.5) is 5.69 Å². The van der Waals surface area contributed by atoms with Crippen molar-refractivity contribution < 1.29 is 18.0 Å². The Kier molecular flexibility index (Phi) is 8.73. The normalized spacial score (nSPS) is 18.8. The summed E-state index contributed by atoms with van der Waals surface area (Å²) in [6.07, 6.45) is 1.29. The first-order valence-corrected chi connectivity index (χ1v) is 14.9. The molecule has 0 saturated carbocycles. The number of likely N-dealkylation sites (tertiary alicyclic amines) is 1. The maximum absolute atomic E-state index is 13.8. The van der Waals surface area contributed by atoms with E-state index in [4.69, 9.17) is 5.73 Å². The standard InChI is InChI=1S/C30H38N4O4S/c1-19(2)17-22-18-34(30(36)21(4)31)16-15-26(22)33-39(37,38)28-14-8-11-24-25(28)12-7-13-27(24)32-29(35)23-10-6-5-9-20(23)3/h5-14,19,21-22,26,33H,15-18,31H2,1-4H3,(H,32,35)/t21-,22-,26-/m0/s1. The molecule has 1 heterocycles. The second-order valence-corrected chi connectivity index (χ2v) is 12.6. The van der Waals surface area contributed by atoms with Crippen molar-refractivity contribution in [2.75, 3.05) is 18.4 Å². The van der Waals surface area contributed by atoms with E-state index in [1.807, 2.05) is 31.2 Å². The van der Waals surface area contributed by atoms with E-state index >= 15 is 0 Å². The molecule has 9 heteroatoms. The molecule has 0 aromatic heterocycles. The molecule has 208 valence electrons. The maximum atomic E-state index is 13.8. The highest BCUT2D eigenvalue weighted by Gasteiger charge is 2.35. The zero-order valence-electron chi connectivity index (χ0n) is 23.0. The van der Waals surface area contributed by atoms with E-state index in [9.17, 15) is 18.0 Å². The fourth-order valence-corrected chi connectivity index (χ4v) is 6.99. The van der Waals surface area contributed by atoms with Crippen LogP contribution in [0.2, 0.25) is 0 Å². The fraction of sp³-hybridized carbons (Fsp3) is 0.400. The number of rotatable bonds is 8. The van der Waals surface area contributed by atoms with Gasteiger partial charge in [-0.15, -0.1) is 0 Å². The van der Waals surface area contributed by atoms with Crippen LogP contribution in [-0.2, 0) is 14.8 Å². The molecular formula is C30H38N4O4S. The maximum Gasteiger partial charge on any atom is 0.255 e. The highest BCUT2D eigenvalue weighted by atomic mass is 32.2. The summed E-state index contributed by atoms with van der Waals surface area (Å²) in [6.45, 7) is 8.65. The van der Waals surface area contributed by atoms with Crippen LogP contribution in [0.25, 0.3) is 10.8 Å². The summed E-state index contributed by atoms with van der Waals surface area (Å²) in [5, 5.41) is 4.12. The van der Waals surface area contributed by atoms with Gasteiger partial charge in [-0.25, -0.2) is 13.1 Å². The Bertz CT molecular complexity index is 1470. The highest BCUT2D eigenvalue weighted by molar-refractivity contribution is 7.89. The van der Waals surface area contributed by atoms with Crippen LogP contribution in [0.3, 0.4) is 0 Å². The number of carbonyl (C=O) groups is 2. The molecule has 4 N–H and O–H groups in total. The Balaban J connectivity index is 1.62. The molecule has 2 amide bonds. The first kappa shape index (κ1) is 28.7. The number of piperidine rings is 1. The molecule has 0 bridgehead atoms. The average Bonchev–Trinajstić information content (AvgIpc) is 2.88. The third kappa shape index (κ3) is 6.49. The van der Waals surface area contributed by atoms with Crippen LogP contribution in [0.5, 0.6) is 0 Å². The Morgan fingerprint density at radius 3 is 2.38 bits per heavy atom. The second-order valence-electron chi connectivity index (χ2n) is 10.9. The van der Waals surface area contributed by atoms with Crippen LogP contribution in [0.1, 0.15) is 49.5 Å². The molecule has 4 rings (SSSR count). The van der Waals surface area contributed by atoms with Crippen LogP contribution in [0, 0.1) is 18.8 Å². The number of nitrogens with zero attached hydrogens (tertiary/aromatic N) is 1. The molecule has 0 aliphatic carbocycles. The predicted molar refractivity (Wildman–Crippen MR) is 155 cm³/mol. The van der Waals surface area contributed by atoms with Gasteiger partial charge in [0.2, 0.25) is 15.9 Å². The van der Waals surface area contributed by atoms with Gasteiger partial charge in [0, 0.05) is 41.2 Å². The topological polar surface area (TPSA) is 122 Å². The monoisotopic (exact) mass is 550 g/mol. The molecule has 8 nitrogen and oxygen atoms in total. The van der Waals surface area contributed by atoms with E-state index < -0.39 is 16.1 Å². The third-order valence-corrected chi connectivity index (χ3v) is 8.87. The van der Waals surface area contributed by atoms with E-state index in [-0.39, 0.29) is 28.7 Å². The van der Waals surface area contributed by atoms with Gasteiger partial charge in [0.1, 0.15) is 0 Å². The Hall–Kier alpha value is -3.27. The van der Waals surface area contributed by atoms with Crippen molar-refractivity contribution in [2.45, 2.75) is 57.5 Å². The third-order valence-electron chi connectivity index (χ3n) is 7.33. The average molecular weight is 551 g/mol. The molecule has 0 radical (unpaired) electrons. The van der Waals surface area contributed by atoms with Crippen molar-refractivity contribution in [3.05, 3.63) is 71.8 Å². The largest absolute Gasteiger partial charge is 0.341 e. The minimum absolute atomic E-state index is 0.0323. The van der Waals surface area contributed by atoms with E-state index in [2.05, 4.69) is 23.9 Å². The molecule has 3 aromatic rings. The number of hydrogen-bond acceptors (Lipinski definition) is 5. The summed E-state index contributed by atoms with van der Waals surface area (Å²) in [4.78, 5) is 27.4.